The molecule has 27 heavy (non-hydrogen) atoms. The smallest absolute Gasteiger partial charge is 0.127 e. The fraction of sp³-hybridized carbons (Fsp3) is 0.292. The summed E-state index contributed by atoms with van der Waals surface area (Å²) in [5.74, 6) is 2.77. The highest BCUT2D eigenvalue weighted by Crippen LogP contribution is 2.20. The van der Waals surface area contributed by atoms with Gasteiger partial charge in [0.05, 0.1) is 12.0 Å². The molecule has 138 valence electrons. The molecular weight excluding hydrogens is 334 g/mol. The Morgan fingerprint density at radius 1 is 0.926 bits per heavy atom. The lowest BCUT2D eigenvalue weighted by atomic mass is 10.1. The molecule has 1 heterocycles. The van der Waals surface area contributed by atoms with Crippen LogP contribution in [0.2, 0.25) is 0 Å². The third kappa shape index (κ3) is 4.88. The van der Waals surface area contributed by atoms with Crippen LogP contribution in [0, 0.1) is 0 Å². The molecule has 0 amide bonds. The van der Waals surface area contributed by atoms with Crippen molar-refractivity contribution in [1.82, 2.24) is 0 Å². The lowest BCUT2D eigenvalue weighted by Gasteiger charge is -2.11. The summed E-state index contributed by atoms with van der Waals surface area (Å²) in [6.45, 7) is 1.60. The Kier molecular flexibility index (Phi) is 5.68. The molecule has 2 aliphatic rings. The van der Waals surface area contributed by atoms with Crippen molar-refractivity contribution >= 4 is 6.08 Å². The number of benzene rings is 2. The van der Waals surface area contributed by atoms with E-state index in [2.05, 4.69) is 53.6 Å². The summed E-state index contributed by atoms with van der Waals surface area (Å²) in [6.07, 6.45) is 13.7. The van der Waals surface area contributed by atoms with Gasteiger partial charge in [-0.1, -0.05) is 24.3 Å². The van der Waals surface area contributed by atoms with Gasteiger partial charge in [-0.25, -0.2) is 0 Å². The van der Waals surface area contributed by atoms with Gasteiger partial charge in [0.2, 0.25) is 0 Å². The Bertz CT molecular complexity index is 972. The Labute approximate surface area is 160 Å². The predicted octanol–water partition coefficient (Wildman–Crippen LogP) is 4.11. The topological polar surface area (TPSA) is 30.8 Å². The molecule has 1 aliphatic carbocycles. The lowest BCUT2D eigenvalue weighted by molar-refractivity contribution is 0.310. The normalized spacial score (nSPS) is 15.2. The molecule has 0 saturated heterocycles. The van der Waals surface area contributed by atoms with Crippen molar-refractivity contribution in [1.29, 1.82) is 0 Å². The number of allylic oxidation sites excluding steroid dienone is 3. The van der Waals surface area contributed by atoms with Gasteiger partial charge in [0.1, 0.15) is 17.3 Å². The Hall–Kier alpha value is -2.81. The van der Waals surface area contributed by atoms with Crippen molar-refractivity contribution in [3.05, 3.63) is 82.6 Å². The zero-order valence-electron chi connectivity index (χ0n) is 15.6. The first kappa shape index (κ1) is 17.6. The van der Waals surface area contributed by atoms with Gasteiger partial charge in [-0.3, -0.25) is 4.99 Å². The van der Waals surface area contributed by atoms with Crippen molar-refractivity contribution in [2.24, 2.45) is 4.99 Å². The standard InChI is InChI=1S/C24H25NO2/c1-2-10-21(11-3-1)27-23-12-4-7-19(17-23)8-6-16-26-22-13-14-24-20(18-22)9-5-15-25-24/h2,4,7,9-14,17-18H,1,3,5-6,8,15-16H2. The number of hydrogen-bond donors (Lipinski definition) is 0. The van der Waals surface area contributed by atoms with Gasteiger partial charge in [-0.2, -0.15) is 0 Å². The van der Waals surface area contributed by atoms with E-state index >= 15 is 0 Å². The maximum atomic E-state index is 5.96. The van der Waals surface area contributed by atoms with Crippen molar-refractivity contribution in [3.63, 3.8) is 0 Å². The molecule has 0 atom stereocenters. The third-order valence-electron chi connectivity index (χ3n) is 4.75. The van der Waals surface area contributed by atoms with Gasteiger partial charge < -0.3 is 9.47 Å². The summed E-state index contributed by atoms with van der Waals surface area (Å²) in [6, 6.07) is 14.5. The average Bonchev–Trinajstić information content (AvgIpc) is 2.72. The van der Waals surface area contributed by atoms with Crippen LogP contribution in [-0.2, 0) is 6.42 Å². The largest absolute Gasteiger partial charge is 0.494 e. The van der Waals surface area contributed by atoms with E-state index in [1.54, 1.807) is 0 Å². The van der Waals surface area contributed by atoms with Crippen LogP contribution in [0.1, 0.15) is 31.2 Å². The second-order valence-electron chi connectivity index (χ2n) is 6.88. The minimum atomic E-state index is 0.703. The SMILES string of the molecule is C1=CC(Oc2cccc(CCCOc3ccc4c(c3)=CCCN=4)c2)=CCC1. The van der Waals surface area contributed by atoms with Crippen molar-refractivity contribution in [2.75, 3.05) is 13.2 Å². The summed E-state index contributed by atoms with van der Waals surface area (Å²) in [7, 11) is 0. The molecule has 0 N–H and O–H groups in total. The summed E-state index contributed by atoms with van der Waals surface area (Å²) >= 11 is 0. The third-order valence-corrected chi connectivity index (χ3v) is 4.75. The molecule has 0 spiro atoms. The van der Waals surface area contributed by atoms with Crippen LogP contribution in [0.15, 0.2) is 71.4 Å². The first-order valence-corrected chi connectivity index (χ1v) is 9.78. The maximum Gasteiger partial charge on any atom is 0.127 e. The molecule has 0 saturated carbocycles. The summed E-state index contributed by atoms with van der Waals surface area (Å²) in [5.41, 5.74) is 1.27. The van der Waals surface area contributed by atoms with E-state index in [1.807, 2.05) is 18.2 Å². The highest BCUT2D eigenvalue weighted by atomic mass is 16.5. The number of hydrogen-bond acceptors (Lipinski definition) is 3. The van der Waals surface area contributed by atoms with Gasteiger partial charge in [0.15, 0.2) is 0 Å². The highest BCUT2D eigenvalue weighted by molar-refractivity contribution is 5.33. The lowest BCUT2D eigenvalue weighted by Crippen LogP contribution is -2.27. The minimum Gasteiger partial charge on any atom is -0.494 e. The van der Waals surface area contributed by atoms with E-state index in [0.717, 1.165) is 61.3 Å². The van der Waals surface area contributed by atoms with E-state index in [0.29, 0.717) is 6.61 Å². The van der Waals surface area contributed by atoms with Crippen LogP contribution >= 0.6 is 0 Å². The van der Waals surface area contributed by atoms with Gasteiger partial charge in [0, 0.05) is 6.54 Å². The molecule has 2 aromatic carbocycles. The van der Waals surface area contributed by atoms with Gasteiger partial charge in [-0.15, -0.1) is 0 Å². The molecule has 0 radical (unpaired) electrons. The average molecular weight is 359 g/mol. The van der Waals surface area contributed by atoms with Crippen molar-refractivity contribution in [2.45, 2.75) is 32.1 Å². The van der Waals surface area contributed by atoms with E-state index < -0.39 is 0 Å². The van der Waals surface area contributed by atoms with Gasteiger partial charge in [-0.05, 0) is 85.4 Å². The summed E-state index contributed by atoms with van der Waals surface area (Å²) in [4.78, 5) is 4.51. The quantitative estimate of drug-likeness (QED) is 0.697. The van der Waals surface area contributed by atoms with E-state index in [9.17, 15) is 0 Å². The van der Waals surface area contributed by atoms with Gasteiger partial charge >= 0.3 is 0 Å². The number of aryl methyl sites for hydroxylation is 1. The number of ether oxygens (including phenoxy) is 2. The molecule has 0 bridgehead atoms. The second-order valence-corrected chi connectivity index (χ2v) is 6.88. The summed E-state index contributed by atoms with van der Waals surface area (Å²) < 4.78 is 11.9. The second kappa shape index (κ2) is 8.72. The molecule has 4 rings (SSSR count). The van der Waals surface area contributed by atoms with E-state index in [1.165, 1.54) is 10.8 Å². The van der Waals surface area contributed by atoms with Crippen LogP contribution in [-0.4, -0.2) is 13.2 Å². The highest BCUT2D eigenvalue weighted by Gasteiger charge is 2.03. The molecule has 3 nitrogen and oxygen atoms in total. The minimum absolute atomic E-state index is 0.703. The zero-order chi connectivity index (χ0) is 18.3. The predicted molar refractivity (Wildman–Crippen MR) is 109 cm³/mol. The fourth-order valence-corrected chi connectivity index (χ4v) is 3.37. The molecule has 0 unspecified atom stereocenters. The van der Waals surface area contributed by atoms with Crippen molar-refractivity contribution in [3.8, 4) is 11.5 Å². The maximum absolute atomic E-state index is 5.96. The number of nitrogens with zero attached hydrogens (tertiary/aromatic N) is 1. The zero-order valence-corrected chi connectivity index (χ0v) is 15.6. The number of fused-ring (bicyclic) bond motifs is 1. The monoisotopic (exact) mass is 359 g/mol. The summed E-state index contributed by atoms with van der Waals surface area (Å²) in [5, 5.41) is 2.27. The molecule has 1 aliphatic heterocycles. The first-order valence-electron chi connectivity index (χ1n) is 9.78. The molecule has 3 heteroatoms. The molecule has 0 fully saturated rings. The van der Waals surface area contributed by atoms with Crippen LogP contribution in [0.3, 0.4) is 0 Å². The van der Waals surface area contributed by atoms with E-state index in [4.69, 9.17) is 9.47 Å². The molecule has 0 aromatic heterocycles. The Morgan fingerprint density at radius 3 is 2.85 bits per heavy atom. The number of rotatable bonds is 7. The van der Waals surface area contributed by atoms with Crippen LogP contribution in [0.25, 0.3) is 6.08 Å². The van der Waals surface area contributed by atoms with Crippen molar-refractivity contribution < 1.29 is 9.47 Å². The van der Waals surface area contributed by atoms with Crippen LogP contribution in [0.4, 0.5) is 0 Å². The molecule has 2 aromatic rings. The van der Waals surface area contributed by atoms with E-state index in [-0.39, 0.29) is 0 Å². The van der Waals surface area contributed by atoms with Crippen LogP contribution in [0.5, 0.6) is 11.5 Å². The Morgan fingerprint density at radius 2 is 1.93 bits per heavy atom. The van der Waals surface area contributed by atoms with Gasteiger partial charge in [0.25, 0.3) is 0 Å². The first-order chi connectivity index (χ1) is 13.4. The van der Waals surface area contributed by atoms with Crippen LogP contribution < -0.4 is 20.0 Å². The fourth-order valence-electron chi connectivity index (χ4n) is 3.37. The Balaban J connectivity index is 1.29. The molecular formula is C24H25NO2.